The maximum atomic E-state index is 13.7. The Balaban J connectivity index is 1.51. The van der Waals surface area contributed by atoms with E-state index in [1.165, 1.54) is 6.33 Å². The van der Waals surface area contributed by atoms with Gasteiger partial charge in [-0.1, -0.05) is 29.8 Å². The zero-order valence-corrected chi connectivity index (χ0v) is 19.1. The largest absolute Gasteiger partial charge is 0.369 e. The van der Waals surface area contributed by atoms with Gasteiger partial charge in [0.1, 0.15) is 6.33 Å². The van der Waals surface area contributed by atoms with Crippen LogP contribution in [0.3, 0.4) is 0 Å². The van der Waals surface area contributed by atoms with Crippen molar-refractivity contribution >= 4 is 23.5 Å². The molecule has 9 nitrogen and oxygen atoms in total. The Labute approximate surface area is 200 Å². The number of halogens is 1. The quantitative estimate of drug-likeness (QED) is 0.337. The highest BCUT2D eigenvalue weighted by Crippen LogP contribution is 2.52. The van der Waals surface area contributed by atoms with Crippen LogP contribution in [0.4, 0.5) is 0 Å². The van der Waals surface area contributed by atoms with Gasteiger partial charge in [-0.3, -0.25) is 29.8 Å². The maximum Gasteiger partial charge on any atom is 0.261 e. The van der Waals surface area contributed by atoms with Gasteiger partial charge in [-0.2, -0.15) is 5.10 Å². The number of nitrogens with one attached hydrogen (secondary N) is 1. The number of amides is 1. The molecule has 4 aromatic rings. The first-order valence-electron chi connectivity index (χ1n) is 10.6. The Kier molecular flexibility index (Phi) is 5.54. The molecule has 0 atom stereocenters. The van der Waals surface area contributed by atoms with E-state index in [1.54, 1.807) is 48.7 Å². The Bertz CT molecular complexity index is 1350. The molecule has 10 heteroatoms. The molecular formula is C24H21ClN8O. The summed E-state index contributed by atoms with van der Waals surface area (Å²) in [4.78, 5) is 32.1. The van der Waals surface area contributed by atoms with Gasteiger partial charge in [0.05, 0.1) is 22.5 Å². The van der Waals surface area contributed by atoms with Crippen LogP contribution in [0.15, 0.2) is 72.4 Å². The van der Waals surface area contributed by atoms with E-state index < -0.39 is 5.54 Å². The Morgan fingerprint density at radius 2 is 1.94 bits per heavy atom. The van der Waals surface area contributed by atoms with Crippen molar-refractivity contribution in [2.24, 2.45) is 10.7 Å². The van der Waals surface area contributed by atoms with Crippen LogP contribution < -0.4 is 5.73 Å². The first-order chi connectivity index (χ1) is 16.5. The molecule has 1 amide bonds. The minimum Gasteiger partial charge on any atom is -0.369 e. The monoisotopic (exact) mass is 472 g/mol. The van der Waals surface area contributed by atoms with Crippen LogP contribution in [-0.2, 0) is 5.54 Å². The summed E-state index contributed by atoms with van der Waals surface area (Å²) in [7, 11) is 1.57. The van der Waals surface area contributed by atoms with Crippen LogP contribution in [0, 0.1) is 0 Å². The molecule has 0 bridgehead atoms. The first-order valence-corrected chi connectivity index (χ1v) is 11.0. The van der Waals surface area contributed by atoms with Crippen molar-refractivity contribution in [3.05, 3.63) is 83.5 Å². The third-order valence-electron chi connectivity index (χ3n) is 5.98. The number of guanidine groups is 1. The topological polar surface area (TPSA) is 126 Å². The van der Waals surface area contributed by atoms with Crippen molar-refractivity contribution < 1.29 is 4.79 Å². The van der Waals surface area contributed by atoms with E-state index in [4.69, 9.17) is 17.3 Å². The third-order valence-corrected chi connectivity index (χ3v) is 6.31. The minimum atomic E-state index is -0.621. The van der Waals surface area contributed by atoms with E-state index in [2.05, 4.69) is 30.1 Å². The number of benzene rings is 2. The number of nitrogens with two attached hydrogens (primary N) is 1. The molecule has 34 heavy (non-hydrogen) atoms. The second-order valence-electron chi connectivity index (χ2n) is 7.95. The van der Waals surface area contributed by atoms with Gasteiger partial charge in [0.15, 0.2) is 11.8 Å². The van der Waals surface area contributed by atoms with E-state index in [9.17, 15) is 4.79 Å². The number of H-pyrrole nitrogens is 1. The molecule has 2 aromatic carbocycles. The summed E-state index contributed by atoms with van der Waals surface area (Å²) in [5, 5.41) is 7.29. The minimum absolute atomic E-state index is 0.150. The average molecular weight is 473 g/mol. The second-order valence-corrected chi connectivity index (χ2v) is 8.36. The molecule has 0 spiro atoms. The van der Waals surface area contributed by atoms with Crippen molar-refractivity contribution in [1.82, 2.24) is 30.0 Å². The Morgan fingerprint density at radius 3 is 2.56 bits per heavy atom. The lowest BCUT2D eigenvalue weighted by Gasteiger charge is -2.32. The standard InChI is InChI=1S/C24H21ClN8O/c1-27-23(26)33(22(34)16-4-2-15(3-5-16)20-13-28-10-11-29-20)24(8-9-24)17-6-7-19(25)18(12-17)21-30-14-31-32-21/h2-7,10-14H,8-9H2,1H3,(H2,26,27)(H,30,31,32). The molecule has 0 saturated heterocycles. The summed E-state index contributed by atoms with van der Waals surface area (Å²) in [6, 6.07) is 12.9. The molecule has 1 aliphatic carbocycles. The fourth-order valence-corrected chi connectivity index (χ4v) is 4.28. The summed E-state index contributed by atoms with van der Waals surface area (Å²) in [5.74, 6) is 0.469. The first kappa shape index (κ1) is 21.7. The van der Waals surface area contributed by atoms with Gasteiger partial charge in [0.25, 0.3) is 5.91 Å². The van der Waals surface area contributed by atoms with Crippen LogP contribution in [0.25, 0.3) is 22.6 Å². The summed E-state index contributed by atoms with van der Waals surface area (Å²) in [6.45, 7) is 0. The number of carbonyl (C=O) groups is 1. The summed E-state index contributed by atoms with van der Waals surface area (Å²) in [5.41, 5.74) is 9.36. The molecule has 0 aliphatic heterocycles. The SMILES string of the molecule is CN=C(N)N(C(=O)c1ccc(-c2cnccn2)cc1)C1(c2ccc(Cl)c(-c3ncn[nH]3)c2)CC1. The van der Waals surface area contributed by atoms with E-state index in [1.807, 2.05) is 24.3 Å². The normalized spacial score (nSPS) is 14.6. The summed E-state index contributed by atoms with van der Waals surface area (Å²) < 4.78 is 0. The highest BCUT2D eigenvalue weighted by molar-refractivity contribution is 6.33. The number of nitrogens with zero attached hydrogens (tertiary/aromatic N) is 6. The molecule has 1 saturated carbocycles. The maximum absolute atomic E-state index is 13.7. The molecule has 0 radical (unpaired) electrons. The van der Waals surface area contributed by atoms with Crippen molar-refractivity contribution in [3.8, 4) is 22.6 Å². The molecule has 1 aliphatic rings. The number of aromatic nitrogens is 5. The predicted molar refractivity (Wildman–Crippen MR) is 129 cm³/mol. The summed E-state index contributed by atoms with van der Waals surface area (Å²) in [6.07, 6.45) is 7.83. The van der Waals surface area contributed by atoms with Crippen LogP contribution >= 0.6 is 11.6 Å². The van der Waals surface area contributed by atoms with Crippen molar-refractivity contribution in [2.45, 2.75) is 18.4 Å². The van der Waals surface area contributed by atoms with Gasteiger partial charge in [-0.05, 0) is 42.7 Å². The molecule has 170 valence electrons. The van der Waals surface area contributed by atoms with Gasteiger partial charge >= 0.3 is 0 Å². The molecular weight excluding hydrogens is 452 g/mol. The lowest BCUT2D eigenvalue weighted by atomic mass is 9.98. The number of rotatable bonds is 5. The van der Waals surface area contributed by atoms with E-state index in [0.717, 1.165) is 29.7 Å². The van der Waals surface area contributed by atoms with Crippen LogP contribution in [0.5, 0.6) is 0 Å². The molecule has 3 N–H and O–H groups in total. The molecule has 1 fully saturated rings. The number of hydrogen-bond acceptors (Lipinski definition) is 6. The van der Waals surface area contributed by atoms with Crippen LogP contribution in [-0.4, -0.2) is 49.0 Å². The number of carbonyl (C=O) groups excluding carboxylic acids is 1. The second kappa shape index (κ2) is 8.68. The van der Waals surface area contributed by atoms with Crippen molar-refractivity contribution in [3.63, 3.8) is 0 Å². The molecule has 5 rings (SSSR count). The summed E-state index contributed by atoms with van der Waals surface area (Å²) >= 11 is 6.43. The lowest BCUT2D eigenvalue weighted by Crippen LogP contribution is -2.48. The smallest absolute Gasteiger partial charge is 0.261 e. The molecule has 2 heterocycles. The number of hydrogen-bond donors (Lipinski definition) is 2. The van der Waals surface area contributed by atoms with E-state index >= 15 is 0 Å². The number of aliphatic imine (C=N–C) groups is 1. The van der Waals surface area contributed by atoms with E-state index in [-0.39, 0.29) is 11.9 Å². The van der Waals surface area contributed by atoms with Crippen molar-refractivity contribution in [1.29, 1.82) is 0 Å². The van der Waals surface area contributed by atoms with Crippen molar-refractivity contribution in [2.75, 3.05) is 7.05 Å². The van der Waals surface area contributed by atoms with Gasteiger partial charge in [-0.15, -0.1) is 0 Å². The third kappa shape index (κ3) is 3.80. The Morgan fingerprint density at radius 1 is 1.15 bits per heavy atom. The predicted octanol–water partition coefficient (Wildman–Crippen LogP) is 3.66. The fourth-order valence-electron chi connectivity index (χ4n) is 4.07. The molecule has 0 unspecified atom stereocenters. The van der Waals surface area contributed by atoms with Gasteiger partial charge < -0.3 is 5.73 Å². The number of aromatic amines is 1. The molecule has 2 aromatic heterocycles. The highest BCUT2D eigenvalue weighted by atomic mass is 35.5. The lowest BCUT2D eigenvalue weighted by molar-refractivity contribution is 0.0781. The zero-order chi connectivity index (χ0) is 23.7. The fraction of sp³-hybridized carbons (Fsp3) is 0.167. The van der Waals surface area contributed by atoms with E-state index in [0.29, 0.717) is 22.0 Å². The van der Waals surface area contributed by atoms with Gasteiger partial charge in [0.2, 0.25) is 0 Å². The highest BCUT2D eigenvalue weighted by Gasteiger charge is 2.53. The van der Waals surface area contributed by atoms with Crippen LogP contribution in [0.1, 0.15) is 28.8 Å². The Hall–Kier alpha value is -4.11. The van der Waals surface area contributed by atoms with Gasteiger partial charge in [0, 0.05) is 36.1 Å². The van der Waals surface area contributed by atoms with Gasteiger partial charge in [-0.25, -0.2) is 4.98 Å². The van der Waals surface area contributed by atoms with Crippen LogP contribution in [0.2, 0.25) is 5.02 Å². The zero-order valence-electron chi connectivity index (χ0n) is 18.3. The average Bonchev–Trinajstić information content (AvgIpc) is 3.48.